The van der Waals surface area contributed by atoms with Gasteiger partial charge in [-0.05, 0) is 50.9 Å². The molecular weight excluding hydrogens is 300 g/mol. The summed E-state index contributed by atoms with van der Waals surface area (Å²) in [4.78, 5) is 12.0. The molecule has 2 saturated heterocycles. The van der Waals surface area contributed by atoms with Crippen molar-refractivity contribution in [1.82, 2.24) is 10.6 Å². The minimum Gasteiger partial charge on any atom is -0.378 e. The van der Waals surface area contributed by atoms with Crippen LogP contribution >= 0.6 is 12.4 Å². The van der Waals surface area contributed by atoms with Crippen LogP contribution in [-0.2, 0) is 9.53 Å². The second kappa shape index (κ2) is 9.09. The lowest BCUT2D eigenvalue weighted by atomic mass is 9.89. The zero-order chi connectivity index (χ0) is 14.5. The smallest absolute Gasteiger partial charge is 0.220 e. The molecule has 5 heteroatoms. The third kappa shape index (κ3) is 5.39. The first-order chi connectivity index (χ1) is 10.3. The standard InChI is InChI=1S/C17H30N2O2.ClH/c20-17(12-13-10-14-6-7-15(11-13)19-14)18-8-3-9-21-16-4-1-2-5-16;/h13-16,19H,1-12H2,(H,18,20);1H. The van der Waals surface area contributed by atoms with E-state index in [2.05, 4.69) is 10.6 Å². The summed E-state index contributed by atoms with van der Waals surface area (Å²) in [6.07, 6.45) is 12.2. The maximum atomic E-state index is 12.0. The van der Waals surface area contributed by atoms with Gasteiger partial charge in [-0.2, -0.15) is 0 Å². The highest BCUT2D eigenvalue weighted by Crippen LogP contribution is 2.32. The summed E-state index contributed by atoms with van der Waals surface area (Å²) < 4.78 is 5.81. The minimum absolute atomic E-state index is 0. The van der Waals surface area contributed by atoms with Crippen molar-refractivity contribution in [1.29, 1.82) is 0 Å². The monoisotopic (exact) mass is 330 g/mol. The van der Waals surface area contributed by atoms with Gasteiger partial charge in [0, 0.05) is 31.7 Å². The molecule has 1 saturated carbocycles. The zero-order valence-corrected chi connectivity index (χ0v) is 14.3. The molecule has 1 amide bonds. The SMILES string of the molecule is Cl.O=C(CC1CC2CCC(C1)N2)NCCCOC1CCCC1. The lowest BCUT2D eigenvalue weighted by Gasteiger charge is -2.28. The number of fused-ring (bicyclic) bond motifs is 2. The molecule has 0 radical (unpaired) electrons. The lowest BCUT2D eigenvalue weighted by molar-refractivity contribution is -0.122. The molecule has 4 nitrogen and oxygen atoms in total. The van der Waals surface area contributed by atoms with E-state index in [1.54, 1.807) is 0 Å². The molecular formula is C17H31ClN2O2. The van der Waals surface area contributed by atoms with Crippen LogP contribution in [-0.4, -0.2) is 37.2 Å². The Labute approximate surface area is 140 Å². The predicted molar refractivity (Wildman–Crippen MR) is 90.4 cm³/mol. The normalized spacial score (nSPS) is 31.0. The van der Waals surface area contributed by atoms with Gasteiger partial charge in [0.05, 0.1) is 6.10 Å². The molecule has 0 aromatic heterocycles. The molecule has 3 aliphatic rings. The van der Waals surface area contributed by atoms with E-state index in [0.717, 1.165) is 26.0 Å². The van der Waals surface area contributed by atoms with Crippen molar-refractivity contribution in [3.8, 4) is 0 Å². The Balaban J connectivity index is 0.00000176. The average molecular weight is 331 g/mol. The van der Waals surface area contributed by atoms with Crippen molar-refractivity contribution in [3.63, 3.8) is 0 Å². The fraction of sp³-hybridized carbons (Fsp3) is 0.941. The number of carbonyl (C=O) groups excluding carboxylic acids is 1. The fourth-order valence-electron chi connectivity index (χ4n) is 4.28. The summed E-state index contributed by atoms with van der Waals surface area (Å²) in [5.74, 6) is 0.834. The van der Waals surface area contributed by atoms with Crippen molar-refractivity contribution in [2.24, 2.45) is 5.92 Å². The first kappa shape index (κ1) is 18.0. The topological polar surface area (TPSA) is 50.4 Å². The summed E-state index contributed by atoms with van der Waals surface area (Å²) in [6.45, 7) is 1.56. The second-order valence-corrected chi connectivity index (χ2v) is 7.16. The molecule has 2 atom stereocenters. The van der Waals surface area contributed by atoms with E-state index in [1.165, 1.54) is 51.4 Å². The van der Waals surface area contributed by atoms with Crippen LogP contribution in [0.5, 0.6) is 0 Å². The molecule has 2 heterocycles. The molecule has 22 heavy (non-hydrogen) atoms. The number of hydrogen-bond donors (Lipinski definition) is 2. The third-order valence-corrected chi connectivity index (χ3v) is 5.34. The highest BCUT2D eigenvalue weighted by Gasteiger charge is 2.34. The Hall–Kier alpha value is -0.320. The molecule has 1 aliphatic carbocycles. The van der Waals surface area contributed by atoms with Crippen molar-refractivity contribution in [2.45, 2.75) is 82.4 Å². The maximum absolute atomic E-state index is 12.0. The van der Waals surface area contributed by atoms with E-state index in [9.17, 15) is 4.79 Å². The van der Waals surface area contributed by atoms with Crippen LogP contribution in [0.15, 0.2) is 0 Å². The minimum atomic E-state index is 0. The summed E-state index contributed by atoms with van der Waals surface area (Å²) in [5, 5.41) is 6.70. The van der Waals surface area contributed by atoms with Gasteiger partial charge >= 0.3 is 0 Å². The third-order valence-electron chi connectivity index (χ3n) is 5.34. The molecule has 3 rings (SSSR count). The Morgan fingerprint density at radius 1 is 1.09 bits per heavy atom. The van der Waals surface area contributed by atoms with Crippen LogP contribution in [0.2, 0.25) is 0 Å². The molecule has 2 bridgehead atoms. The van der Waals surface area contributed by atoms with Gasteiger partial charge in [-0.15, -0.1) is 12.4 Å². The first-order valence-corrected chi connectivity index (χ1v) is 8.94. The van der Waals surface area contributed by atoms with E-state index >= 15 is 0 Å². The van der Waals surface area contributed by atoms with Crippen molar-refractivity contribution < 1.29 is 9.53 Å². The molecule has 2 aliphatic heterocycles. The number of ether oxygens (including phenoxy) is 1. The largest absolute Gasteiger partial charge is 0.378 e. The molecule has 2 unspecified atom stereocenters. The average Bonchev–Trinajstić information content (AvgIpc) is 3.08. The summed E-state index contributed by atoms with van der Waals surface area (Å²) in [7, 11) is 0. The van der Waals surface area contributed by atoms with E-state index in [0.29, 0.717) is 24.1 Å². The quantitative estimate of drug-likeness (QED) is 0.706. The van der Waals surface area contributed by atoms with E-state index in [4.69, 9.17) is 4.74 Å². The first-order valence-electron chi connectivity index (χ1n) is 8.94. The predicted octanol–water partition coefficient (Wildman–Crippen LogP) is 2.79. The van der Waals surface area contributed by atoms with Gasteiger partial charge in [0.2, 0.25) is 5.91 Å². The molecule has 0 spiro atoms. The molecule has 0 aromatic rings. The highest BCUT2D eigenvalue weighted by molar-refractivity contribution is 5.85. The number of nitrogens with one attached hydrogen (secondary N) is 2. The van der Waals surface area contributed by atoms with Gasteiger partial charge < -0.3 is 15.4 Å². The lowest BCUT2D eigenvalue weighted by Crippen LogP contribution is -2.39. The van der Waals surface area contributed by atoms with E-state index in [1.807, 2.05) is 0 Å². The molecule has 3 fully saturated rings. The fourth-order valence-corrected chi connectivity index (χ4v) is 4.28. The number of piperidine rings is 1. The number of carbonyl (C=O) groups is 1. The summed E-state index contributed by atoms with van der Waals surface area (Å²) in [5.41, 5.74) is 0. The van der Waals surface area contributed by atoms with Crippen LogP contribution in [0, 0.1) is 5.92 Å². The van der Waals surface area contributed by atoms with Crippen LogP contribution in [0.3, 0.4) is 0 Å². The van der Waals surface area contributed by atoms with Gasteiger partial charge in [0.1, 0.15) is 0 Å². The van der Waals surface area contributed by atoms with Crippen molar-refractivity contribution >= 4 is 18.3 Å². The molecule has 128 valence electrons. The number of hydrogen-bond acceptors (Lipinski definition) is 3. The number of amides is 1. The van der Waals surface area contributed by atoms with Crippen molar-refractivity contribution in [2.75, 3.05) is 13.2 Å². The zero-order valence-electron chi connectivity index (χ0n) is 13.5. The van der Waals surface area contributed by atoms with Gasteiger partial charge in [-0.1, -0.05) is 12.8 Å². The van der Waals surface area contributed by atoms with Crippen LogP contribution in [0.4, 0.5) is 0 Å². The Kier molecular flexibility index (Phi) is 7.45. The maximum Gasteiger partial charge on any atom is 0.220 e. The molecule has 0 aromatic carbocycles. The number of halogens is 1. The van der Waals surface area contributed by atoms with Gasteiger partial charge in [0.15, 0.2) is 0 Å². The van der Waals surface area contributed by atoms with Crippen LogP contribution < -0.4 is 10.6 Å². The van der Waals surface area contributed by atoms with Gasteiger partial charge in [-0.25, -0.2) is 0 Å². The number of rotatable bonds is 7. The Bertz CT molecular complexity index is 336. The Morgan fingerprint density at radius 3 is 2.45 bits per heavy atom. The Morgan fingerprint density at radius 2 is 1.77 bits per heavy atom. The second-order valence-electron chi connectivity index (χ2n) is 7.16. The van der Waals surface area contributed by atoms with Gasteiger partial charge in [0.25, 0.3) is 0 Å². The highest BCUT2D eigenvalue weighted by atomic mass is 35.5. The summed E-state index contributed by atoms with van der Waals surface area (Å²) in [6, 6.07) is 1.36. The van der Waals surface area contributed by atoms with Crippen molar-refractivity contribution in [3.05, 3.63) is 0 Å². The van der Waals surface area contributed by atoms with E-state index in [-0.39, 0.29) is 18.3 Å². The van der Waals surface area contributed by atoms with Crippen LogP contribution in [0.25, 0.3) is 0 Å². The summed E-state index contributed by atoms with van der Waals surface area (Å²) >= 11 is 0. The van der Waals surface area contributed by atoms with Gasteiger partial charge in [-0.3, -0.25) is 4.79 Å². The van der Waals surface area contributed by atoms with Crippen LogP contribution in [0.1, 0.15) is 64.2 Å². The molecule has 2 N–H and O–H groups in total. The van der Waals surface area contributed by atoms with E-state index < -0.39 is 0 Å².